The molecule has 0 aliphatic heterocycles. The number of rotatable bonds is 3. The molecule has 0 aromatic carbocycles. The smallest absolute Gasteiger partial charge is 0.127 e. The Bertz CT molecular complexity index is 273. The molecular weight excluding hydrogens is 170 g/mol. The predicted molar refractivity (Wildman–Crippen MR) is 49.9 cm³/mol. The van der Waals surface area contributed by atoms with Crippen molar-refractivity contribution in [2.75, 3.05) is 11.5 Å². The molecule has 1 aliphatic carbocycles. The average molecular weight is 181 g/mol. The molecule has 1 fully saturated rings. The van der Waals surface area contributed by atoms with Gasteiger partial charge in [0.05, 0.1) is 0 Å². The maximum absolute atomic E-state index is 5.52. The first kappa shape index (κ1) is 7.86. The third kappa shape index (κ3) is 2.11. The first-order valence-electron chi connectivity index (χ1n) is 4.05. The summed E-state index contributed by atoms with van der Waals surface area (Å²) in [4.78, 5) is 7.95. The Morgan fingerprint density at radius 2 is 2.33 bits per heavy atom. The quantitative estimate of drug-likeness (QED) is 0.568. The summed E-state index contributed by atoms with van der Waals surface area (Å²) >= 11 is 1.77. The van der Waals surface area contributed by atoms with Gasteiger partial charge in [0.25, 0.3) is 0 Å². The van der Waals surface area contributed by atoms with Gasteiger partial charge >= 0.3 is 0 Å². The molecule has 0 unspecified atom stereocenters. The molecule has 0 radical (unpaired) electrons. The van der Waals surface area contributed by atoms with Crippen LogP contribution in [0.15, 0.2) is 17.4 Å². The monoisotopic (exact) mass is 181 g/mol. The number of aromatic nitrogens is 2. The number of nitrogens with two attached hydrogens (primary N) is 1. The molecule has 0 spiro atoms. The van der Waals surface area contributed by atoms with Crippen LogP contribution in [0.5, 0.6) is 0 Å². The van der Waals surface area contributed by atoms with Crippen LogP contribution in [0.3, 0.4) is 0 Å². The minimum Gasteiger partial charge on any atom is -0.384 e. The van der Waals surface area contributed by atoms with Crippen molar-refractivity contribution in [1.29, 1.82) is 0 Å². The Balaban J connectivity index is 1.92. The van der Waals surface area contributed by atoms with E-state index in [-0.39, 0.29) is 0 Å². The standard InChI is InChI=1S/C8H11N3S/c9-7-3-8(11-5-10-7)12-4-6-1-2-6/h3,5-6H,1-2,4H2,(H2,9,10,11). The van der Waals surface area contributed by atoms with E-state index in [2.05, 4.69) is 9.97 Å². The van der Waals surface area contributed by atoms with Gasteiger partial charge in [0, 0.05) is 11.8 Å². The molecular formula is C8H11N3S. The lowest BCUT2D eigenvalue weighted by Crippen LogP contribution is -1.92. The van der Waals surface area contributed by atoms with E-state index < -0.39 is 0 Å². The molecule has 1 aliphatic rings. The number of thioether (sulfide) groups is 1. The molecule has 64 valence electrons. The molecule has 4 heteroatoms. The van der Waals surface area contributed by atoms with E-state index >= 15 is 0 Å². The van der Waals surface area contributed by atoms with Crippen molar-refractivity contribution in [2.45, 2.75) is 17.9 Å². The van der Waals surface area contributed by atoms with Gasteiger partial charge in [0.15, 0.2) is 0 Å². The Morgan fingerprint density at radius 1 is 1.50 bits per heavy atom. The average Bonchev–Trinajstić information content (AvgIpc) is 2.84. The van der Waals surface area contributed by atoms with Crippen molar-refractivity contribution in [3.05, 3.63) is 12.4 Å². The zero-order valence-electron chi connectivity index (χ0n) is 6.73. The zero-order valence-corrected chi connectivity index (χ0v) is 7.55. The van der Waals surface area contributed by atoms with Gasteiger partial charge in [-0.15, -0.1) is 11.8 Å². The van der Waals surface area contributed by atoms with Crippen LogP contribution in [0.2, 0.25) is 0 Å². The molecule has 0 atom stereocenters. The molecule has 0 bridgehead atoms. The van der Waals surface area contributed by atoms with E-state index in [1.165, 1.54) is 24.9 Å². The fourth-order valence-electron chi connectivity index (χ4n) is 0.920. The van der Waals surface area contributed by atoms with E-state index in [0.717, 1.165) is 10.9 Å². The number of hydrogen-bond donors (Lipinski definition) is 1. The molecule has 0 saturated heterocycles. The summed E-state index contributed by atoms with van der Waals surface area (Å²) in [5.74, 6) is 2.66. The van der Waals surface area contributed by atoms with Gasteiger partial charge in [-0.2, -0.15) is 0 Å². The summed E-state index contributed by atoms with van der Waals surface area (Å²) in [7, 11) is 0. The van der Waals surface area contributed by atoms with Crippen LogP contribution >= 0.6 is 11.8 Å². The van der Waals surface area contributed by atoms with E-state index in [4.69, 9.17) is 5.73 Å². The Morgan fingerprint density at radius 3 is 3.00 bits per heavy atom. The number of anilines is 1. The second kappa shape index (κ2) is 3.31. The van der Waals surface area contributed by atoms with Crippen LogP contribution in [-0.4, -0.2) is 15.7 Å². The topological polar surface area (TPSA) is 51.8 Å². The van der Waals surface area contributed by atoms with Gasteiger partial charge in [-0.3, -0.25) is 0 Å². The van der Waals surface area contributed by atoms with E-state index in [0.29, 0.717) is 5.82 Å². The summed E-state index contributed by atoms with van der Waals surface area (Å²) in [6, 6.07) is 1.83. The summed E-state index contributed by atoms with van der Waals surface area (Å²) in [6.45, 7) is 0. The van der Waals surface area contributed by atoms with Gasteiger partial charge in [0.2, 0.25) is 0 Å². The highest BCUT2D eigenvalue weighted by Crippen LogP contribution is 2.34. The maximum Gasteiger partial charge on any atom is 0.127 e. The van der Waals surface area contributed by atoms with Crippen LogP contribution in [0.1, 0.15) is 12.8 Å². The number of hydrogen-bond acceptors (Lipinski definition) is 4. The SMILES string of the molecule is Nc1cc(SCC2CC2)ncn1. The number of nitrogens with zero attached hydrogens (tertiary/aromatic N) is 2. The molecule has 1 aromatic heterocycles. The largest absolute Gasteiger partial charge is 0.384 e. The molecule has 2 N–H and O–H groups in total. The Labute approximate surface area is 75.8 Å². The number of nitrogen functional groups attached to an aromatic ring is 1. The lowest BCUT2D eigenvalue weighted by Gasteiger charge is -1.98. The van der Waals surface area contributed by atoms with E-state index in [9.17, 15) is 0 Å². The fraction of sp³-hybridized carbons (Fsp3) is 0.500. The molecule has 3 nitrogen and oxygen atoms in total. The fourth-order valence-corrected chi connectivity index (χ4v) is 1.99. The van der Waals surface area contributed by atoms with Crippen LogP contribution in [0.4, 0.5) is 5.82 Å². The van der Waals surface area contributed by atoms with Crippen molar-refractivity contribution >= 4 is 17.6 Å². The van der Waals surface area contributed by atoms with E-state index in [1.807, 2.05) is 6.07 Å². The highest BCUT2D eigenvalue weighted by molar-refractivity contribution is 7.99. The van der Waals surface area contributed by atoms with Gasteiger partial charge in [-0.05, 0) is 18.8 Å². The summed E-state index contributed by atoms with van der Waals surface area (Å²) in [5, 5.41) is 0.995. The van der Waals surface area contributed by atoms with Crippen LogP contribution in [-0.2, 0) is 0 Å². The molecule has 1 heterocycles. The van der Waals surface area contributed by atoms with Crippen LogP contribution in [0, 0.1) is 5.92 Å². The first-order chi connectivity index (χ1) is 5.84. The molecule has 2 rings (SSSR count). The maximum atomic E-state index is 5.52. The Hall–Kier alpha value is -0.770. The van der Waals surface area contributed by atoms with Gasteiger partial charge < -0.3 is 5.73 Å². The first-order valence-corrected chi connectivity index (χ1v) is 5.03. The normalized spacial score (nSPS) is 16.3. The van der Waals surface area contributed by atoms with Crippen molar-refractivity contribution < 1.29 is 0 Å². The van der Waals surface area contributed by atoms with Gasteiger partial charge in [-0.25, -0.2) is 9.97 Å². The minimum atomic E-state index is 0.559. The third-order valence-electron chi connectivity index (χ3n) is 1.83. The predicted octanol–water partition coefficient (Wildman–Crippen LogP) is 1.56. The zero-order chi connectivity index (χ0) is 8.39. The lowest BCUT2D eigenvalue weighted by atomic mass is 10.5. The Kier molecular flexibility index (Phi) is 2.17. The summed E-state index contributed by atoms with van der Waals surface area (Å²) in [5.41, 5.74) is 5.52. The van der Waals surface area contributed by atoms with Crippen LogP contribution < -0.4 is 5.73 Å². The summed E-state index contributed by atoms with van der Waals surface area (Å²) in [6.07, 6.45) is 4.28. The molecule has 12 heavy (non-hydrogen) atoms. The van der Waals surface area contributed by atoms with Gasteiger partial charge in [0.1, 0.15) is 17.2 Å². The second-order valence-electron chi connectivity index (χ2n) is 3.04. The highest BCUT2D eigenvalue weighted by Gasteiger charge is 2.21. The highest BCUT2D eigenvalue weighted by atomic mass is 32.2. The minimum absolute atomic E-state index is 0.559. The van der Waals surface area contributed by atoms with Crippen molar-refractivity contribution in [3.8, 4) is 0 Å². The van der Waals surface area contributed by atoms with Crippen LogP contribution in [0.25, 0.3) is 0 Å². The van der Waals surface area contributed by atoms with E-state index in [1.54, 1.807) is 11.8 Å². The molecule has 1 aromatic rings. The third-order valence-corrected chi connectivity index (χ3v) is 2.98. The molecule has 1 saturated carbocycles. The van der Waals surface area contributed by atoms with Crippen molar-refractivity contribution in [3.63, 3.8) is 0 Å². The van der Waals surface area contributed by atoms with Crippen molar-refractivity contribution in [1.82, 2.24) is 9.97 Å². The summed E-state index contributed by atoms with van der Waals surface area (Å²) < 4.78 is 0. The van der Waals surface area contributed by atoms with Gasteiger partial charge in [-0.1, -0.05) is 0 Å². The second-order valence-corrected chi connectivity index (χ2v) is 4.08. The van der Waals surface area contributed by atoms with Crippen molar-refractivity contribution in [2.24, 2.45) is 5.92 Å². The molecule has 0 amide bonds. The lowest BCUT2D eigenvalue weighted by molar-refractivity contribution is 0.987.